The Kier molecular flexibility index (Phi) is 2.71. The lowest BCUT2D eigenvalue weighted by Crippen LogP contribution is -2.22. The van der Waals surface area contributed by atoms with Gasteiger partial charge < -0.3 is 15.8 Å². The molecule has 62 valence electrons. The van der Waals surface area contributed by atoms with E-state index in [1.54, 1.807) is 0 Å². The molecular formula is C6H11N3O2. The van der Waals surface area contributed by atoms with Gasteiger partial charge in [-0.15, -0.1) is 0 Å². The minimum atomic E-state index is -0.733. The molecule has 5 nitrogen and oxygen atoms in total. The second-order valence-corrected chi connectivity index (χ2v) is 2.17. The van der Waals surface area contributed by atoms with E-state index in [-0.39, 0.29) is 0 Å². The van der Waals surface area contributed by atoms with Crippen molar-refractivity contribution in [1.29, 1.82) is 0 Å². The Hall–Kier alpha value is -1.26. The summed E-state index contributed by atoms with van der Waals surface area (Å²) in [5.74, 6) is 0.895. The Morgan fingerprint density at radius 2 is 2.64 bits per heavy atom. The van der Waals surface area contributed by atoms with Crippen molar-refractivity contribution in [2.75, 3.05) is 19.7 Å². The zero-order valence-corrected chi connectivity index (χ0v) is 6.17. The molecule has 1 rings (SSSR count). The molecule has 1 aliphatic rings. The zero-order valence-electron chi connectivity index (χ0n) is 6.17. The first-order valence-corrected chi connectivity index (χ1v) is 3.48. The van der Waals surface area contributed by atoms with Crippen molar-refractivity contribution in [3.63, 3.8) is 0 Å². The van der Waals surface area contributed by atoms with Crippen LogP contribution in [0.3, 0.4) is 0 Å². The van der Waals surface area contributed by atoms with Crippen molar-refractivity contribution in [3.8, 4) is 0 Å². The average Bonchev–Trinajstić information content (AvgIpc) is 2.39. The average molecular weight is 157 g/mol. The molecule has 0 spiro atoms. The third kappa shape index (κ3) is 2.88. The Morgan fingerprint density at radius 3 is 3.18 bits per heavy atom. The Labute approximate surface area is 64.6 Å². The fraction of sp³-hybridized carbons (Fsp3) is 0.667. The van der Waals surface area contributed by atoms with Crippen molar-refractivity contribution < 1.29 is 9.53 Å². The predicted molar refractivity (Wildman–Crippen MR) is 40.5 cm³/mol. The molecule has 1 amide bonds. The Balaban J connectivity index is 2.07. The second kappa shape index (κ2) is 3.80. The monoisotopic (exact) mass is 157 g/mol. The van der Waals surface area contributed by atoms with E-state index >= 15 is 0 Å². The summed E-state index contributed by atoms with van der Waals surface area (Å²) in [6, 6.07) is 0. The standard InChI is InChI=1S/C6H11N3O2/c7-6(10)11-4-1-5-8-2-3-9-5/h1-4H2,(H2,7,10)(H,8,9). The van der Waals surface area contributed by atoms with E-state index < -0.39 is 6.09 Å². The summed E-state index contributed by atoms with van der Waals surface area (Å²) in [6.07, 6.45) is -0.105. The van der Waals surface area contributed by atoms with Crippen LogP contribution >= 0.6 is 0 Å². The summed E-state index contributed by atoms with van der Waals surface area (Å²) in [5.41, 5.74) is 4.76. The molecule has 3 N–H and O–H groups in total. The van der Waals surface area contributed by atoms with Crippen LogP contribution in [0.5, 0.6) is 0 Å². The maximum Gasteiger partial charge on any atom is 0.404 e. The molecule has 0 atom stereocenters. The maximum absolute atomic E-state index is 10.1. The Bertz CT molecular complexity index is 179. The molecule has 0 bridgehead atoms. The van der Waals surface area contributed by atoms with Crippen LogP contribution in [0.25, 0.3) is 0 Å². The summed E-state index contributed by atoms with van der Waals surface area (Å²) >= 11 is 0. The summed E-state index contributed by atoms with van der Waals surface area (Å²) < 4.78 is 4.52. The number of rotatable bonds is 3. The van der Waals surface area contributed by atoms with Crippen LogP contribution in [0.2, 0.25) is 0 Å². The highest BCUT2D eigenvalue weighted by Gasteiger charge is 2.04. The van der Waals surface area contributed by atoms with Crippen molar-refractivity contribution in [2.24, 2.45) is 10.7 Å². The number of primary amides is 1. The third-order valence-corrected chi connectivity index (χ3v) is 1.33. The minimum absolute atomic E-state index is 0.307. The van der Waals surface area contributed by atoms with Gasteiger partial charge in [-0.1, -0.05) is 0 Å². The van der Waals surface area contributed by atoms with Gasteiger partial charge in [0.2, 0.25) is 0 Å². The number of hydrogen-bond donors (Lipinski definition) is 2. The molecule has 0 aromatic rings. The van der Waals surface area contributed by atoms with Gasteiger partial charge in [-0.25, -0.2) is 4.79 Å². The van der Waals surface area contributed by atoms with E-state index in [1.165, 1.54) is 0 Å². The van der Waals surface area contributed by atoms with Gasteiger partial charge in [-0.3, -0.25) is 4.99 Å². The van der Waals surface area contributed by atoms with Crippen molar-refractivity contribution in [3.05, 3.63) is 0 Å². The quantitative estimate of drug-likeness (QED) is 0.578. The summed E-state index contributed by atoms with van der Waals surface area (Å²) in [6.45, 7) is 2.00. The van der Waals surface area contributed by atoms with Crippen LogP contribution in [0, 0.1) is 0 Å². The number of amidine groups is 1. The molecule has 0 aliphatic carbocycles. The van der Waals surface area contributed by atoms with Gasteiger partial charge in [0, 0.05) is 13.0 Å². The number of amides is 1. The van der Waals surface area contributed by atoms with E-state index in [2.05, 4.69) is 15.0 Å². The minimum Gasteiger partial charge on any atom is -0.449 e. The summed E-state index contributed by atoms with van der Waals surface area (Å²) in [4.78, 5) is 14.2. The summed E-state index contributed by atoms with van der Waals surface area (Å²) in [5, 5.41) is 3.05. The molecule has 0 saturated carbocycles. The highest BCUT2D eigenvalue weighted by molar-refractivity contribution is 5.83. The zero-order chi connectivity index (χ0) is 8.10. The van der Waals surface area contributed by atoms with Crippen LogP contribution in [0.1, 0.15) is 6.42 Å². The lowest BCUT2D eigenvalue weighted by Gasteiger charge is -2.01. The molecule has 0 radical (unpaired) electrons. The van der Waals surface area contributed by atoms with Crippen LogP contribution < -0.4 is 11.1 Å². The van der Waals surface area contributed by atoms with Crippen molar-refractivity contribution >= 4 is 11.9 Å². The first-order valence-electron chi connectivity index (χ1n) is 3.48. The molecule has 0 aromatic heterocycles. The van der Waals surface area contributed by atoms with Gasteiger partial charge in [-0.2, -0.15) is 0 Å². The van der Waals surface area contributed by atoms with Crippen LogP contribution in [0.15, 0.2) is 4.99 Å². The number of aliphatic imine (C=N–C) groups is 1. The van der Waals surface area contributed by atoms with Gasteiger partial charge in [0.25, 0.3) is 0 Å². The second-order valence-electron chi connectivity index (χ2n) is 2.17. The Morgan fingerprint density at radius 1 is 1.82 bits per heavy atom. The fourth-order valence-electron chi connectivity index (χ4n) is 0.863. The third-order valence-electron chi connectivity index (χ3n) is 1.33. The van der Waals surface area contributed by atoms with Gasteiger partial charge in [0.05, 0.1) is 12.4 Å². The van der Waals surface area contributed by atoms with Crippen molar-refractivity contribution in [2.45, 2.75) is 6.42 Å². The first-order chi connectivity index (χ1) is 5.29. The first kappa shape index (κ1) is 7.84. The van der Waals surface area contributed by atoms with E-state index in [9.17, 15) is 4.79 Å². The van der Waals surface area contributed by atoms with Gasteiger partial charge in [0.15, 0.2) is 0 Å². The van der Waals surface area contributed by atoms with E-state index in [0.717, 1.165) is 18.9 Å². The van der Waals surface area contributed by atoms with Gasteiger partial charge in [-0.05, 0) is 0 Å². The summed E-state index contributed by atoms with van der Waals surface area (Å²) in [7, 11) is 0. The number of hydrogen-bond acceptors (Lipinski definition) is 4. The fourth-order valence-corrected chi connectivity index (χ4v) is 0.863. The molecular weight excluding hydrogens is 146 g/mol. The largest absolute Gasteiger partial charge is 0.449 e. The molecule has 11 heavy (non-hydrogen) atoms. The lowest BCUT2D eigenvalue weighted by atomic mass is 10.4. The molecule has 5 heteroatoms. The van der Waals surface area contributed by atoms with Crippen LogP contribution in [-0.2, 0) is 4.74 Å². The molecule has 1 aliphatic heterocycles. The number of carbonyl (C=O) groups excluding carboxylic acids is 1. The maximum atomic E-state index is 10.1. The number of nitrogens with two attached hydrogens (primary N) is 1. The van der Waals surface area contributed by atoms with Gasteiger partial charge >= 0.3 is 6.09 Å². The van der Waals surface area contributed by atoms with Gasteiger partial charge in [0.1, 0.15) is 6.61 Å². The SMILES string of the molecule is NC(=O)OCCC1=NCCN1. The van der Waals surface area contributed by atoms with Crippen LogP contribution in [-0.4, -0.2) is 31.6 Å². The van der Waals surface area contributed by atoms with E-state index in [4.69, 9.17) is 5.73 Å². The number of ether oxygens (including phenoxy) is 1. The number of nitrogens with one attached hydrogen (secondary N) is 1. The number of carbonyl (C=O) groups is 1. The van der Waals surface area contributed by atoms with E-state index in [1.807, 2.05) is 0 Å². The topological polar surface area (TPSA) is 76.7 Å². The smallest absolute Gasteiger partial charge is 0.404 e. The normalized spacial score (nSPS) is 15.5. The molecule has 0 fully saturated rings. The highest BCUT2D eigenvalue weighted by atomic mass is 16.5. The number of nitrogens with zero attached hydrogens (tertiary/aromatic N) is 1. The molecule has 0 aromatic carbocycles. The van der Waals surface area contributed by atoms with Crippen molar-refractivity contribution in [1.82, 2.24) is 5.32 Å². The molecule has 1 heterocycles. The molecule has 0 saturated heterocycles. The lowest BCUT2D eigenvalue weighted by molar-refractivity contribution is 0.160. The van der Waals surface area contributed by atoms with E-state index in [0.29, 0.717) is 13.0 Å². The van der Waals surface area contributed by atoms with Crippen LogP contribution in [0.4, 0.5) is 4.79 Å². The predicted octanol–water partition coefficient (Wildman–Crippen LogP) is -0.527. The highest BCUT2D eigenvalue weighted by Crippen LogP contribution is 1.91. The molecule has 0 unspecified atom stereocenters.